The van der Waals surface area contributed by atoms with Crippen LogP contribution in [-0.2, 0) is 10.0 Å². The molecule has 4 rings (SSSR count). The van der Waals surface area contributed by atoms with Crippen molar-refractivity contribution >= 4 is 44.5 Å². The summed E-state index contributed by atoms with van der Waals surface area (Å²) in [4.78, 5) is 25.7. The summed E-state index contributed by atoms with van der Waals surface area (Å²) in [7, 11) is -2.37. The molecule has 1 aliphatic heterocycles. The van der Waals surface area contributed by atoms with Crippen LogP contribution in [0.25, 0.3) is 0 Å². The fourth-order valence-corrected chi connectivity index (χ4v) is 5.88. The monoisotopic (exact) mass is 485 g/mol. The summed E-state index contributed by atoms with van der Waals surface area (Å²) in [6, 6.07) is 14.6. The molecule has 1 saturated heterocycles. The van der Waals surface area contributed by atoms with Gasteiger partial charge in [-0.05, 0) is 60.7 Å². The van der Waals surface area contributed by atoms with Gasteiger partial charge in [-0.3, -0.25) is 9.59 Å². The summed E-state index contributed by atoms with van der Waals surface area (Å²) in [6.07, 6.45) is 1.61. The molecule has 2 heterocycles. The van der Waals surface area contributed by atoms with Gasteiger partial charge in [0.2, 0.25) is 10.0 Å². The van der Waals surface area contributed by atoms with Crippen molar-refractivity contribution in [1.29, 1.82) is 0 Å². The lowest BCUT2D eigenvalue weighted by Gasteiger charge is -2.18. The van der Waals surface area contributed by atoms with E-state index in [-0.39, 0.29) is 22.1 Å². The highest BCUT2D eigenvalue weighted by Crippen LogP contribution is 2.30. The molecule has 1 fully saturated rings. The van der Waals surface area contributed by atoms with E-state index in [0.29, 0.717) is 29.3 Å². The second-order valence-electron chi connectivity index (χ2n) is 7.44. The molecule has 0 saturated carbocycles. The molecular weight excluding hydrogens is 462 g/mol. The smallest absolute Gasteiger partial charge is 0.265 e. The maximum absolute atomic E-state index is 13.1. The number of hydrogen-bond donors (Lipinski definition) is 2. The summed E-state index contributed by atoms with van der Waals surface area (Å²) in [5.41, 5.74) is 1.17. The van der Waals surface area contributed by atoms with Gasteiger partial charge in [0.05, 0.1) is 12.0 Å². The van der Waals surface area contributed by atoms with Crippen molar-refractivity contribution in [3.63, 3.8) is 0 Å². The summed E-state index contributed by atoms with van der Waals surface area (Å²) in [6.45, 7) is 0.901. The zero-order valence-corrected chi connectivity index (χ0v) is 19.5. The molecule has 8 nitrogen and oxygen atoms in total. The highest BCUT2D eigenvalue weighted by atomic mass is 32.2. The molecule has 10 heteroatoms. The molecule has 172 valence electrons. The fourth-order valence-electron chi connectivity index (χ4n) is 3.57. The topological polar surface area (TPSA) is 105 Å². The number of amides is 2. The van der Waals surface area contributed by atoms with Gasteiger partial charge in [0.25, 0.3) is 11.8 Å². The Morgan fingerprint density at radius 2 is 1.64 bits per heavy atom. The van der Waals surface area contributed by atoms with Crippen molar-refractivity contribution in [2.75, 3.05) is 30.8 Å². The third-order valence-corrected chi connectivity index (χ3v) is 8.02. The van der Waals surface area contributed by atoms with E-state index in [4.69, 9.17) is 4.74 Å². The Kier molecular flexibility index (Phi) is 6.77. The first kappa shape index (κ1) is 23.0. The van der Waals surface area contributed by atoms with Gasteiger partial charge in [-0.2, -0.15) is 4.31 Å². The first-order valence-electron chi connectivity index (χ1n) is 10.3. The van der Waals surface area contributed by atoms with E-state index in [0.717, 1.165) is 12.8 Å². The quantitative estimate of drug-likeness (QED) is 0.525. The zero-order chi connectivity index (χ0) is 23.4. The molecule has 2 N–H and O–H groups in total. The van der Waals surface area contributed by atoms with E-state index in [1.807, 2.05) is 5.38 Å². The van der Waals surface area contributed by atoms with Gasteiger partial charge in [0.15, 0.2) is 0 Å². The normalized spacial score (nSPS) is 14.1. The Balaban J connectivity index is 1.53. The lowest BCUT2D eigenvalue weighted by Crippen LogP contribution is -2.28. The van der Waals surface area contributed by atoms with Gasteiger partial charge < -0.3 is 15.4 Å². The van der Waals surface area contributed by atoms with Crippen LogP contribution in [0.15, 0.2) is 64.9 Å². The fraction of sp³-hybridized carbons (Fsp3) is 0.217. The number of carbonyl (C=O) groups excluding carboxylic acids is 2. The largest absolute Gasteiger partial charge is 0.495 e. The number of thiophene rings is 1. The van der Waals surface area contributed by atoms with E-state index in [1.165, 1.54) is 41.0 Å². The average Bonchev–Trinajstić information content (AvgIpc) is 3.53. The Labute approximate surface area is 196 Å². The molecule has 1 aromatic heterocycles. The molecule has 0 bridgehead atoms. The number of methoxy groups -OCH3 is 1. The molecule has 0 spiro atoms. The molecule has 0 radical (unpaired) electrons. The van der Waals surface area contributed by atoms with Crippen LogP contribution < -0.4 is 15.4 Å². The Morgan fingerprint density at radius 1 is 0.939 bits per heavy atom. The Hall–Kier alpha value is -3.21. The molecule has 2 aromatic carbocycles. The van der Waals surface area contributed by atoms with Crippen molar-refractivity contribution < 1.29 is 22.7 Å². The van der Waals surface area contributed by atoms with Crippen molar-refractivity contribution in [3.8, 4) is 5.75 Å². The van der Waals surface area contributed by atoms with Gasteiger partial charge in [-0.15, -0.1) is 11.3 Å². The number of nitrogens with zero attached hydrogens (tertiary/aromatic N) is 1. The highest BCUT2D eigenvalue weighted by molar-refractivity contribution is 7.89. The van der Waals surface area contributed by atoms with Crippen LogP contribution in [0.4, 0.5) is 11.4 Å². The van der Waals surface area contributed by atoms with Gasteiger partial charge >= 0.3 is 0 Å². The number of hydrogen-bond acceptors (Lipinski definition) is 6. The van der Waals surface area contributed by atoms with Crippen molar-refractivity contribution in [2.45, 2.75) is 17.7 Å². The molecule has 3 aromatic rings. The zero-order valence-electron chi connectivity index (χ0n) is 17.9. The summed E-state index contributed by atoms with van der Waals surface area (Å²) in [5, 5.41) is 7.37. The highest BCUT2D eigenvalue weighted by Gasteiger charge is 2.30. The van der Waals surface area contributed by atoms with Crippen LogP contribution in [0.3, 0.4) is 0 Å². The van der Waals surface area contributed by atoms with E-state index in [9.17, 15) is 18.0 Å². The van der Waals surface area contributed by atoms with Crippen molar-refractivity contribution in [1.82, 2.24) is 4.31 Å². The second-order valence-corrected chi connectivity index (χ2v) is 10.3. The molecule has 33 heavy (non-hydrogen) atoms. The summed E-state index contributed by atoms with van der Waals surface area (Å²) < 4.78 is 32.8. The van der Waals surface area contributed by atoms with Crippen molar-refractivity contribution in [3.05, 3.63) is 70.4 Å². The Bertz CT molecular complexity index is 1270. The minimum atomic E-state index is -3.77. The van der Waals surface area contributed by atoms with Gasteiger partial charge in [0, 0.05) is 30.0 Å². The van der Waals surface area contributed by atoms with Gasteiger partial charge in [-0.25, -0.2) is 8.42 Å². The molecular formula is C23H23N3O5S2. The number of nitrogens with one attached hydrogen (secondary N) is 2. The second kappa shape index (κ2) is 9.74. The SMILES string of the molecule is COc1ccc(C(=O)Nc2cccc(NC(=O)c3cccs3)c2)cc1S(=O)(=O)N1CCCC1. The van der Waals surface area contributed by atoms with E-state index < -0.39 is 15.9 Å². The molecule has 2 amide bonds. The molecule has 0 aliphatic carbocycles. The van der Waals surface area contributed by atoms with Crippen LogP contribution >= 0.6 is 11.3 Å². The maximum Gasteiger partial charge on any atom is 0.265 e. The van der Waals surface area contributed by atoms with Crippen LogP contribution in [0, 0.1) is 0 Å². The van der Waals surface area contributed by atoms with Crippen molar-refractivity contribution in [2.24, 2.45) is 0 Å². The van der Waals surface area contributed by atoms with E-state index in [2.05, 4.69) is 10.6 Å². The standard InChI is InChI=1S/C23H23N3O5S2/c1-31-19-10-9-16(14-21(19)33(29,30)26-11-2-3-12-26)22(27)24-17-6-4-7-18(15-17)25-23(28)20-8-5-13-32-20/h4-10,13-15H,2-3,11-12H2,1H3,(H,24,27)(H,25,28). The first-order valence-corrected chi connectivity index (χ1v) is 12.6. The van der Waals surface area contributed by atoms with Crippen LogP contribution in [0.2, 0.25) is 0 Å². The maximum atomic E-state index is 13.1. The molecule has 1 aliphatic rings. The van der Waals surface area contributed by atoms with Crippen LogP contribution in [-0.4, -0.2) is 44.7 Å². The number of carbonyl (C=O) groups is 2. The summed E-state index contributed by atoms with van der Waals surface area (Å²) in [5.74, 6) is -0.519. The lowest BCUT2D eigenvalue weighted by molar-refractivity contribution is 0.102. The third-order valence-electron chi connectivity index (χ3n) is 5.23. The molecule has 0 atom stereocenters. The Morgan fingerprint density at radius 3 is 2.27 bits per heavy atom. The van der Waals surface area contributed by atoms with Crippen LogP contribution in [0.5, 0.6) is 5.75 Å². The minimum absolute atomic E-state index is 0.0310. The molecule has 0 unspecified atom stereocenters. The predicted molar refractivity (Wildman–Crippen MR) is 128 cm³/mol. The first-order chi connectivity index (χ1) is 15.9. The summed E-state index contributed by atoms with van der Waals surface area (Å²) >= 11 is 1.33. The van der Waals surface area contributed by atoms with Gasteiger partial charge in [-0.1, -0.05) is 12.1 Å². The number of sulfonamides is 1. The number of anilines is 2. The third kappa shape index (κ3) is 5.08. The predicted octanol–water partition coefficient (Wildman–Crippen LogP) is 4.05. The lowest BCUT2D eigenvalue weighted by atomic mass is 10.2. The average molecular weight is 486 g/mol. The van der Waals surface area contributed by atoms with E-state index in [1.54, 1.807) is 36.4 Å². The van der Waals surface area contributed by atoms with Crippen LogP contribution in [0.1, 0.15) is 32.9 Å². The number of rotatable bonds is 7. The van der Waals surface area contributed by atoms with Gasteiger partial charge in [0.1, 0.15) is 10.6 Å². The number of benzene rings is 2. The number of ether oxygens (including phenoxy) is 1. The minimum Gasteiger partial charge on any atom is -0.495 e. The van der Waals surface area contributed by atoms with E-state index >= 15 is 0 Å².